The van der Waals surface area contributed by atoms with Gasteiger partial charge in [-0.05, 0) is 45.6 Å². The summed E-state index contributed by atoms with van der Waals surface area (Å²) in [7, 11) is 0. The Balaban J connectivity index is 2.33. The van der Waals surface area contributed by atoms with E-state index in [1.807, 2.05) is 16.7 Å². The molecule has 1 aromatic heterocycles. The molecule has 1 saturated heterocycles. The van der Waals surface area contributed by atoms with Crippen molar-refractivity contribution in [3.63, 3.8) is 0 Å². The minimum atomic E-state index is -0.0262. The minimum Gasteiger partial charge on any atom is -0.300 e. The molecule has 0 atom stereocenters. The summed E-state index contributed by atoms with van der Waals surface area (Å²) >= 11 is 1.42. The van der Waals surface area contributed by atoms with E-state index in [0.717, 1.165) is 29.1 Å². The second-order valence-electron chi connectivity index (χ2n) is 7.02. The average molecular weight is 349 g/mol. The van der Waals surface area contributed by atoms with E-state index in [4.69, 9.17) is 0 Å². The van der Waals surface area contributed by atoms with Crippen LogP contribution in [-0.2, 0) is 6.42 Å². The number of urea groups is 1. The van der Waals surface area contributed by atoms with Crippen LogP contribution in [0.15, 0.2) is 0 Å². The normalized spacial score (nSPS) is 16.3. The Labute approximate surface area is 149 Å². The largest absolute Gasteiger partial charge is 0.328 e. The first-order chi connectivity index (χ1) is 11.3. The van der Waals surface area contributed by atoms with Gasteiger partial charge in [0.1, 0.15) is 5.00 Å². The molecular formula is C18H28N4OS. The fourth-order valence-corrected chi connectivity index (χ4v) is 3.57. The van der Waals surface area contributed by atoms with Crippen molar-refractivity contribution in [1.29, 1.82) is 0 Å². The van der Waals surface area contributed by atoms with Gasteiger partial charge in [0, 0.05) is 17.5 Å². The summed E-state index contributed by atoms with van der Waals surface area (Å²) in [5.74, 6) is 6.16. The smallest absolute Gasteiger partial charge is 0.300 e. The van der Waals surface area contributed by atoms with Crippen LogP contribution >= 0.6 is 11.5 Å². The highest BCUT2D eigenvalue weighted by Crippen LogP contribution is 2.32. The summed E-state index contributed by atoms with van der Waals surface area (Å²) < 4.78 is 4.51. The van der Waals surface area contributed by atoms with Crippen molar-refractivity contribution in [2.24, 2.45) is 0 Å². The highest BCUT2D eigenvalue weighted by molar-refractivity contribution is 7.10. The number of aryl methyl sites for hydroxylation is 1. The lowest BCUT2D eigenvalue weighted by Gasteiger charge is -2.46. The van der Waals surface area contributed by atoms with Crippen LogP contribution in [0, 0.1) is 18.8 Å². The van der Waals surface area contributed by atoms with E-state index < -0.39 is 0 Å². The van der Waals surface area contributed by atoms with E-state index in [0.29, 0.717) is 19.9 Å². The minimum absolute atomic E-state index is 0.0234. The summed E-state index contributed by atoms with van der Waals surface area (Å²) in [5.41, 5.74) is 2.17. The number of carbonyl (C=O) groups excluding carboxylic acids is 1. The van der Waals surface area contributed by atoms with Crippen LogP contribution in [0.4, 0.5) is 9.80 Å². The fourth-order valence-electron chi connectivity index (χ4n) is 2.62. The molecule has 0 aliphatic carbocycles. The molecule has 6 heteroatoms. The van der Waals surface area contributed by atoms with Gasteiger partial charge in [-0.2, -0.15) is 4.37 Å². The number of aromatic nitrogens is 1. The lowest BCUT2D eigenvalue weighted by molar-refractivity contribution is 0.0571. The number of hydrogen-bond acceptors (Lipinski definition) is 4. The second kappa shape index (κ2) is 7.54. The van der Waals surface area contributed by atoms with E-state index >= 15 is 0 Å². The van der Waals surface area contributed by atoms with Crippen LogP contribution in [0.5, 0.6) is 0 Å². The molecule has 0 aromatic carbocycles. The molecule has 132 valence electrons. The van der Waals surface area contributed by atoms with Crippen LogP contribution in [0.2, 0.25) is 0 Å². The zero-order chi connectivity index (χ0) is 17.9. The standard InChI is InChI=1S/C18H28N4OS/c1-7-9-10-11-20-12-21(18(4,5)6)13-22(17(20)23)16-14(3)15(8-2)19-24-16/h7-8,11-13H2,1-6H3. The average Bonchev–Trinajstić information content (AvgIpc) is 2.89. The highest BCUT2D eigenvalue weighted by Gasteiger charge is 2.37. The van der Waals surface area contributed by atoms with Crippen LogP contribution in [0.1, 0.15) is 52.3 Å². The number of amides is 2. The van der Waals surface area contributed by atoms with Crippen LogP contribution in [-0.4, -0.2) is 45.6 Å². The SMILES string of the molecule is CCC#CCN1CN(C(C)(C)C)CN(c2snc(CC)c2C)C1=O. The molecule has 24 heavy (non-hydrogen) atoms. The van der Waals surface area contributed by atoms with Gasteiger partial charge in [0.25, 0.3) is 0 Å². The quantitative estimate of drug-likeness (QED) is 0.782. The molecule has 2 heterocycles. The van der Waals surface area contributed by atoms with Crippen LogP contribution in [0.3, 0.4) is 0 Å². The van der Waals surface area contributed by atoms with Crippen molar-refractivity contribution in [2.45, 2.75) is 59.9 Å². The van der Waals surface area contributed by atoms with Crippen LogP contribution < -0.4 is 4.90 Å². The summed E-state index contributed by atoms with van der Waals surface area (Å²) in [4.78, 5) is 19.0. The lowest BCUT2D eigenvalue weighted by atomic mass is 10.1. The first-order valence-corrected chi connectivity index (χ1v) is 9.29. The van der Waals surface area contributed by atoms with Gasteiger partial charge in [-0.3, -0.25) is 9.80 Å². The van der Waals surface area contributed by atoms with E-state index in [1.165, 1.54) is 11.5 Å². The maximum atomic E-state index is 13.0. The van der Waals surface area contributed by atoms with E-state index in [-0.39, 0.29) is 11.6 Å². The number of nitrogens with zero attached hydrogens (tertiary/aromatic N) is 4. The molecule has 0 unspecified atom stereocenters. The Bertz CT molecular complexity index is 650. The Morgan fingerprint density at radius 1 is 1.21 bits per heavy atom. The molecule has 5 nitrogen and oxygen atoms in total. The van der Waals surface area contributed by atoms with Gasteiger partial charge in [-0.25, -0.2) is 4.79 Å². The Kier molecular flexibility index (Phi) is 5.89. The maximum Gasteiger partial charge on any atom is 0.328 e. The Morgan fingerprint density at radius 2 is 1.92 bits per heavy atom. The molecule has 2 rings (SSSR count). The van der Waals surface area contributed by atoms with Gasteiger partial charge < -0.3 is 4.90 Å². The van der Waals surface area contributed by atoms with Gasteiger partial charge in [0.2, 0.25) is 0 Å². The molecule has 0 N–H and O–H groups in total. The zero-order valence-corrected chi connectivity index (χ0v) is 16.5. The zero-order valence-electron chi connectivity index (χ0n) is 15.6. The van der Waals surface area contributed by atoms with Gasteiger partial charge in [0.05, 0.1) is 25.6 Å². The highest BCUT2D eigenvalue weighted by atomic mass is 32.1. The summed E-state index contributed by atoms with van der Waals surface area (Å²) in [6.45, 7) is 14.4. The van der Waals surface area contributed by atoms with Crippen LogP contribution in [0.25, 0.3) is 0 Å². The number of carbonyl (C=O) groups is 1. The molecule has 1 fully saturated rings. The third-order valence-electron chi connectivity index (χ3n) is 4.25. The number of hydrogen-bond donors (Lipinski definition) is 0. The van der Waals surface area contributed by atoms with Gasteiger partial charge >= 0.3 is 6.03 Å². The summed E-state index contributed by atoms with van der Waals surface area (Å²) in [5, 5.41) is 0.958. The van der Waals surface area contributed by atoms with Crippen molar-refractivity contribution in [2.75, 3.05) is 24.8 Å². The van der Waals surface area contributed by atoms with E-state index in [9.17, 15) is 4.79 Å². The predicted molar refractivity (Wildman–Crippen MR) is 100 cm³/mol. The van der Waals surface area contributed by atoms with E-state index in [2.05, 4.69) is 55.7 Å². The fraction of sp³-hybridized carbons (Fsp3) is 0.667. The molecule has 0 saturated carbocycles. The molecule has 0 spiro atoms. The van der Waals surface area contributed by atoms with Gasteiger partial charge in [-0.15, -0.1) is 5.92 Å². The van der Waals surface area contributed by atoms with Crippen molar-refractivity contribution in [3.05, 3.63) is 11.3 Å². The predicted octanol–water partition coefficient (Wildman–Crippen LogP) is 3.68. The molecule has 0 bridgehead atoms. The molecule has 1 aliphatic rings. The summed E-state index contributed by atoms with van der Waals surface area (Å²) in [6.07, 6.45) is 1.70. The molecule has 0 radical (unpaired) electrons. The summed E-state index contributed by atoms with van der Waals surface area (Å²) in [6, 6.07) is 0.0234. The maximum absolute atomic E-state index is 13.0. The van der Waals surface area contributed by atoms with Crippen molar-refractivity contribution >= 4 is 22.6 Å². The first-order valence-electron chi connectivity index (χ1n) is 8.51. The first kappa shape index (κ1) is 18.8. The van der Waals surface area contributed by atoms with Gasteiger partial charge in [0.15, 0.2) is 0 Å². The lowest BCUT2D eigenvalue weighted by Crippen LogP contribution is -2.62. The Morgan fingerprint density at radius 3 is 2.46 bits per heavy atom. The number of rotatable bonds is 3. The monoisotopic (exact) mass is 348 g/mol. The van der Waals surface area contributed by atoms with Crippen molar-refractivity contribution in [3.8, 4) is 11.8 Å². The number of anilines is 1. The van der Waals surface area contributed by atoms with E-state index in [1.54, 1.807) is 0 Å². The Hall–Kier alpha value is -1.58. The second-order valence-corrected chi connectivity index (χ2v) is 7.77. The molecule has 2 amide bonds. The topological polar surface area (TPSA) is 39.7 Å². The molecule has 1 aliphatic heterocycles. The van der Waals surface area contributed by atoms with Crippen molar-refractivity contribution in [1.82, 2.24) is 14.2 Å². The molecule has 1 aromatic rings. The molecular weight excluding hydrogens is 320 g/mol. The third-order valence-corrected chi connectivity index (χ3v) is 5.26. The van der Waals surface area contributed by atoms with Crippen molar-refractivity contribution < 1.29 is 4.79 Å². The van der Waals surface area contributed by atoms with Gasteiger partial charge in [-0.1, -0.05) is 19.8 Å². The third kappa shape index (κ3) is 3.90.